The Morgan fingerprint density at radius 2 is 2.29 bits per heavy atom. The van der Waals surface area contributed by atoms with Crippen LogP contribution >= 0.6 is 0 Å². The van der Waals surface area contributed by atoms with E-state index in [4.69, 9.17) is 5.26 Å². The average molecular weight is 228 g/mol. The molecule has 1 aromatic carbocycles. The van der Waals surface area contributed by atoms with Crippen molar-refractivity contribution in [1.29, 1.82) is 5.26 Å². The second kappa shape index (κ2) is 4.56. The first-order valence-corrected chi connectivity index (χ1v) is 5.64. The normalized spacial score (nSPS) is 12.6. The Hall–Kier alpha value is -1.86. The standard InChI is InChI=1S/C13H16N4/c1-9-16-12-8-10(11(15-2)6-7-14)4-5-13(12)17(9)3/h4-5,8,11,15H,6H2,1-3H3. The van der Waals surface area contributed by atoms with E-state index in [0.717, 1.165) is 22.4 Å². The van der Waals surface area contributed by atoms with Crippen LogP contribution in [0.2, 0.25) is 0 Å². The number of nitriles is 1. The van der Waals surface area contributed by atoms with Gasteiger partial charge in [0.25, 0.3) is 0 Å². The number of aromatic nitrogens is 2. The van der Waals surface area contributed by atoms with Crippen molar-refractivity contribution in [3.05, 3.63) is 29.6 Å². The van der Waals surface area contributed by atoms with E-state index in [1.165, 1.54) is 0 Å². The van der Waals surface area contributed by atoms with E-state index in [-0.39, 0.29) is 6.04 Å². The van der Waals surface area contributed by atoms with Gasteiger partial charge in [0, 0.05) is 13.1 Å². The highest BCUT2D eigenvalue weighted by Crippen LogP contribution is 2.22. The fourth-order valence-corrected chi connectivity index (χ4v) is 2.03. The third-order valence-corrected chi connectivity index (χ3v) is 3.17. The Morgan fingerprint density at radius 3 is 2.94 bits per heavy atom. The number of benzene rings is 1. The first-order chi connectivity index (χ1) is 8.17. The number of hydrogen-bond donors (Lipinski definition) is 1. The van der Waals surface area contributed by atoms with Gasteiger partial charge in [-0.15, -0.1) is 0 Å². The van der Waals surface area contributed by atoms with Crippen molar-refractivity contribution in [3.63, 3.8) is 0 Å². The summed E-state index contributed by atoms with van der Waals surface area (Å²) in [7, 11) is 3.88. The molecule has 0 fully saturated rings. The van der Waals surface area contributed by atoms with Gasteiger partial charge in [-0.2, -0.15) is 5.26 Å². The Bertz CT molecular complexity index is 577. The molecule has 1 aromatic heterocycles. The molecule has 0 spiro atoms. The summed E-state index contributed by atoms with van der Waals surface area (Å²) in [6.07, 6.45) is 0.466. The molecule has 0 amide bonds. The minimum absolute atomic E-state index is 0.0757. The molecule has 0 saturated carbocycles. The first-order valence-electron chi connectivity index (χ1n) is 5.64. The molecule has 0 aliphatic rings. The second-order valence-corrected chi connectivity index (χ2v) is 4.17. The lowest BCUT2D eigenvalue weighted by atomic mass is 10.0. The van der Waals surface area contributed by atoms with Crippen LogP contribution in [0.3, 0.4) is 0 Å². The molecular formula is C13H16N4. The van der Waals surface area contributed by atoms with Crippen LogP contribution < -0.4 is 5.32 Å². The maximum atomic E-state index is 8.78. The van der Waals surface area contributed by atoms with Gasteiger partial charge in [0.05, 0.1) is 23.5 Å². The molecule has 4 nitrogen and oxygen atoms in total. The second-order valence-electron chi connectivity index (χ2n) is 4.17. The number of fused-ring (bicyclic) bond motifs is 1. The first kappa shape index (κ1) is 11.6. The fraction of sp³-hybridized carbons (Fsp3) is 0.385. The van der Waals surface area contributed by atoms with Crippen molar-refractivity contribution in [3.8, 4) is 6.07 Å². The summed E-state index contributed by atoms with van der Waals surface area (Å²) in [5.41, 5.74) is 3.22. The quantitative estimate of drug-likeness (QED) is 0.874. The molecule has 0 bridgehead atoms. The predicted molar refractivity (Wildman–Crippen MR) is 67.5 cm³/mol. The number of nitrogens with zero attached hydrogens (tertiary/aromatic N) is 3. The van der Waals surface area contributed by atoms with E-state index >= 15 is 0 Å². The summed E-state index contributed by atoms with van der Waals surface area (Å²) in [6, 6.07) is 8.45. The van der Waals surface area contributed by atoms with Crippen molar-refractivity contribution in [2.24, 2.45) is 7.05 Å². The lowest BCUT2D eigenvalue weighted by molar-refractivity contribution is 0.609. The van der Waals surface area contributed by atoms with Crippen LogP contribution in [0.4, 0.5) is 0 Å². The zero-order valence-corrected chi connectivity index (χ0v) is 10.4. The summed E-state index contributed by atoms with van der Waals surface area (Å²) in [6.45, 7) is 1.99. The van der Waals surface area contributed by atoms with Gasteiger partial charge in [-0.3, -0.25) is 0 Å². The molecule has 0 saturated heterocycles. The summed E-state index contributed by atoms with van der Waals surface area (Å²) in [5, 5.41) is 11.9. The van der Waals surface area contributed by atoms with Crippen molar-refractivity contribution in [2.75, 3.05) is 7.05 Å². The van der Waals surface area contributed by atoms with Gasteiger partial charge in [0.15, 0.2) is 0 Å². The monoisotopic (exact) mass is 228 g/mol. The van der Waals surface area contributed by atoms with Crippen LogP contribution in [0.1, 0.15) is 23.9 Å². The molecule has 0 radical (unpaired) electrons. The molecule has 1 atom stereocenters. The molecule has 2 rings (SSSR count). The highest BCUT2D eigenvalue weighted by atomic mass is 15.0. The number of nitrogens with one attached hydrogen (secondary N) is 1. The number of hydrogen-bond acceptors (Lipinski definition) is 3. The van der Waals surface area contributed by atoms with Gasteiger partial charge >= 0.3 is 0 Å². The molecule has 88 valence electrons. The third kappa shape index (κ3) is 2.02. The van der Waals surface area contributed by atoms with Crippen LogP contribution in [0.25, 0.3) is 11.0 Å². The number of imidazole rings is 1. The molecular weight excluding hydrogens is 212 g/mol. The molecule has 1 N–H and O–H groups in total. The van der Waals surface area contributed by atoms with Crippen molar-refractivity contribution < 1.29 is 0 Å². The zero-order valence-electron chi connectivity index (χ0n) is 10.4. The van der Waals surface area contributed by atoms with Crippen molar-refractivity contribution in [1.82, 2.24) is 14.9 Å². The van der Waals surface area contributed by atoms with E-state index < -0.39 is 0 Å². The topological polar surface area (TPSA) is 53.6 Å². The van der Waals surface area contributed by atoms with E-state index in [2.05, 4.69) is 39.1 Å². The van der Waals surface area contributed by atoms with Gasteiger partial charge < -0.3 is 9.88 Å². The summed E-state index contributed by atoms with van der Waals surface area (Å²) in [4.78, 5) is 4.50. The van der Waals surface area contributed by atoms with Crippen LogP contribution in [0.15, 0.2) is 18.2 Å². The summed E-state index contributed by atoms with van der Waals surface area (Å²) >= 11 is 0. The summed E-state index contributed by atoms with van der Waals surface area (Å²) < 4.78 is 2.07. The number of rotatable bonds is 3. The fourth-order valence-electron chi connectivity index (χ4n) is 2.03. The van der Waals surface area contributed by atoms with Crippen LogP contribution in [0, 0.1) is 18.3 Å². The van der Waals surface area contributed by atoms with Gasteiger partial charge in [-0.05, 0) is 31.7 Å². The van der Waals surface area contributed by atoms with Gasteiger partial charge in [0.2, 0.25) is 0 Å². The van der Waals surface area contributed by atoms with Gasteiger partial charge in [0.1, 0.15) is 5.82 Å². The zero-order chi connectivity index (χ0) is 12.4. The number of aryl methyl sites for hydroxylation is 2. The van der Waals surface area contributed by atoms with Crippen LogP contribution in [-0.2, 0) is 7.05 Å². The van der Waals surface area contributed by atoms with Crippen LogP contribution in [-0.4, -0.2) is 16.6 Å². The summed E-state index contributed by atoms with van der Waals surface area (Å²) in [5.74, 6) is 0.999. The Kier molecular flexibility index (Phi) is 3.12. The van der Waals surface area contributed by atoms with Crippen molar-refractivity contribution >= 4 is 11.0 Å². The van der Waals surface area contributed by atoms with Gasteiger partial charge in [-0.1, -0.05) is 6.07 Å². The third-order valence-electron chi connectivity index (χ3n) is 3.17. The Labute approximate surface area is 101 Å². The highest BCUT2D eigenvalue weighted by Gasteiger charge is 2.11. The van der Waals surface area contributed by atoms with E-state index in [0.29, 0.717) is 6.42 Å². The Balaban J connectivity index is 2.47. The SMILES string of the molecule is CNC(CC#N)c1ccc2c(c1)nc(C)n2C. The minimum atomic E-state index is 0.0757. The highest BCUT2D eigenvalue weighted by molar-refractivity contribution is 5.76. The van der Waals surface area contributed by atoms with E-state index in [1.54, 1.807) is 0 Å². The van der Waals surface area contributed by atoms with E-state index in [9.17, 15) is 0 Å². The largest absolute Gasteiger partial charge is 0.331 e. The van der Waals surface area contributed by atoms with Crippen molar-refractivity contribution in [2.45, 2.75) is 19.4 Å². The minimum Gasteiger partial charge on any atom is -0.331 e. The van der Waals surface area contributed by atoms with E-state index in [1.807, 2.05) is 21.0 Å². The maximum absolute atomic E-state index is 8.78. The molecule has 2 aromatic rings. The lowest BCUT2D eigenvalue weighted by Crippen LogP contribution is -2.15. The lowest BCUT2D eigenvalue weighted by Gasteiger charge is -2.12. The smallest absolute Gasteiger partial charge is 0.106 e. The average Bonchev–Trinajstić information content (AvgIpc) is 2.61. The predicted octanol–water partition coefficient (Wildman–Crippen LogP) is 2.06. The van der Waals surface area contributed by atoms with Gasteiger partial charge in [-0.25, -0.2) is 4.98 Å². The maximum Gasteiger partial charge on any atom is 0.106 e. The Morgan fingerprint density at radius 1 is 1.53 bits per heavy atom. The molecule has 1 unspecified atom stereocenters. The molecule has 0 aliphatic carbocycles. The molecule has 17 heavy (non-hydrogen) atoms. The molecule has 4 heteroatoms. The van der Waals surface area contributed by atoms with Crippen LogP contribution in [0.5, 0.6) is 0 Å². The molecule has 1 heterocycles. The molecule has 0 aliphatic heterocycles.